The number of rotatable bonds is 4. The van der Waals surface area contributed by atoms with Crippen molar-refractivity contribution in [2.75, 3.05) is 6.61 Å². The van der Waals surface area contributed by atoms with Crippen molar-refractivity contribution in [1.82, 2.24) is 9.97 Å². The van der Waals surface area contributed by atoms with Gasteiger partial charge in [0.2, 0.25) is 5.88 Å². The molecule has 5 nitrogen and oxygen atoms in total. The molecule has 0 bridgehead atoms. The van der Waals surface area contributed by atoms with Gasteiger partial charge in [0.05, 0.1) is 16.5 Å². The van der Waals surface area contributed by atoms with E-state index in [0.29, 0.717) is 10.9 Å². The molecule has 0 aliphatic rings. The summed E-state index contributed by atoms with van der Waals surface area (Å²) in [5.41, 5.74) is 0.384. The SMILES string of the molecule is O=C(O)c1ccc2c(OCC(F)F)ncnc2c1. The molecule has 0 aliphatic carbocycles. The molecule has 94 valence electrons. The Hall–Kier alpha value is -2.31. The highest BCUT2D eigenvalue weighted by Crippen LogP contribution is 2.22. The number of ether oxygens (including phenoxy) is 1. The Balaban J connectivity index is 2.40. The molecule has 1 aromatic heterocycles. The van der Waals surface area contributed by atoms with E-state index in [2.05, 4.69) is 9.97 Å². The summed E-state index contributed by atoms with van der Waals surface area (Å²) >= 11 is 0. The predicted molar refractivity (Wildman–Crippen MR) is 58.0 cm³/mol. The van der Waals surface area contributed by atoms with Crippen LogP contribution in [0.1, 0.15) is 10.4 Å². The average molecular weight is 254 g/mol. The van der Waals surface area contributed by atoms with Gasteiger partial charge in [-0.3, -0.25) is 0 Å². The Labute approximate surface area is 100 Å². The van der Waals surface area contributed by atoms with Crippen LogP contribution in [-0.4, -0.2) is 34.1 Å². The first-order valence-corrected chi connectivity index (χ1v) is 4.97. The highest BCUT2D eigenvalue weighted by molar-refractivity contribution is 5.94. The first-order chi connectivity index (χ1) is 8.58. The number of alkyl halides is 2. The van der Waals surface area contributed by atoms with Crippen molar-refractivity contribution in [2.45, 2.75) is 6.43 Å². The molecule has 2 rings (SSSR count). The van der Waals surface area contributed by atoms with Crippen molar-refractivity contribution < 1.29 is 23.4 Å². The van der Waals surface area contributed by atoms with E-state index in [4.69, 9.17) is 9.84 Å². The van der Waals surface area contributed by atoms with Crippen LogP contribution in [0.25, 0.3) is 10.9 Å². The lowest BCUT2D eigenvalue weighted by Crippen LogP contribution is -2.08. The molecule has 18 heavy (non-hydrogen) atoms. The van der Waals surface area contributed by atoms with E-state index < -0.39 is 19.0 Å². The average Bonchev–Trinajstić information content (AvgIpc) is 2.35. The second-order valence-electron chi connectivity index (χ2n) is 3.42. The van der Waals surface area contributed by atoms with Crippen LogP contribution in [0.3, 0.4) is 0 Å². The standard InChI is InChI=1S/C11H8F2N2O3/c12-9(13)4-18-10-7-2-1-6(11(16)17)3-8(7)14-5-15-10/h1-3,5,9H,4H2,(H,16,17). The van der Waals surface area contributed by atoms with Gasteiger partial charge in [0.25, 0.3) is 6.43 Å². The summed E-state index contributed by atoms with van der Waals surface area (Å²) in [6.45, 7) is -0.771. The lowest BCUT2D eigenvalue weighted by atomic mass is 10.1. The smallest absolute Gasteiger partial charge is 0.335 e. The number of aromatic carboxylic acids is 1. The van der Waals surface area contributed by atoms with Crippen LogP contribution >= 0.6 is 0 Å². The van der Waals surface area contributed by atoms with Crippen LogP contribution < -0.4 is 4.74 Å². The van der Waals surface area contributed by atoms with Crippen LogP contribution in [0, 0.1) is 0 Å². The molecule has 0 saturated carbocycles. The van der Waals surface area contributed by atoms with Crippen LogP contribution in [0.5, 0.6) is 5.88 Å². The quantitative estimate of drug-likeness (QED) is 0.903. The van der Waals surface area contributed by atoms with Crippen molar-refractivity contribution in [2.24, 2.45) is 0 Å². The number of nitrogens with zero attached hydrogens (tertiary/aromatic N) is 2. The van der Waals surface area contributed by atoms with Gasteiger partial charge >= 0.3 is 5.97 Å². The number of halogens is 2. The number of carboxylic acids is 1. The van der Waals surface area contributed by atoms with E-state index in [1.165, 1.54) is 18.2 Å². The van der Waals surface area contributed by atoms with Crippen LogP contribution in [0.4, 0.5) is 8.78 Å². The number of aromatic nitrogens is 2. The molecule has 0 unspecified atom stereocenters. The fourth-order valence-electron chi connectivity index (χ4n) is 1.42. The highest BCUT2D eigenvalue weighted by atomic mass is 19.3. The summed E-state index contributed by atoms with van der Waals surface area (Å²) in [6.07, 6.45) is -1.47. The zero-order valence-corrected chi connectivity index (χ0v) is 9.01. The number of carbonyl (C=O) groups is 1. The molecule has 0 spiro atoms. The van der Waals surface area contributed by atoms with E-state index in [-0.39, 0.29) is 11.4 Å². The van der Waals surface area contributed by atoms with Crippen LogP contribution in [0.2, 0.25) is 0 Å². The molecule has 0 atom stereocenters. The fraction of sp³-hybridized carbons (Fsp3) is 0.182. The van der Waals surface area contributed by atoms with Crippen molar-refractivity contribution in [3.8, 4) is 5.88 Å². The largest absolute Gasteiger partial charge is 0.478 e. The number of benzene rings is 1. The minimum atomic E-state index is -2.60. The molecule has 0 amide bonds. The van der Waals surface area contributed by atoms with Gasteiger partial charge in [0, 0.05) is 0 Å². The maximum atomic E-state index is 12.0. The Morgan fingerprint density at radius 3 is 2.83 bits per heavy atom. The molecule has 1 aromatic carbocycles. The maximum absolute atomic E-state index is 12.0. The number of hydrogen-bond acceptors (Lipinski definition) is 4. The lowest BCUT2D eigenvalue weighted by molar-refractivity contribution is 0.0697. The number of hydrogen-bond donors (Lipinski definition) is 1. The molecule has 1 heterocycles. The van der Waals surface area contributed by atoms with Crippen molar-refractivity contribution in [3.63, 3.8) is 0 Å². The van der Waals surface area contributed by atoms with Gasteiger partial charge in [-0.25, -0.2) is 23.5 Å². The Kier molecular flexibility index (Phi) is 3.31. The van der Waals surface area contributed by atoms with E-state index in [1.54, 1.807) is 0 Å². The summed E-state index contributed by atoms with van der Waals surface area (Å²) in [5.74, 6) is -1.08. The summed E-state index contributed by atoms with van der Waals surface area (Å²) in [7, 11) is 0. The minimum absolute atomic E-state index is 0.0113. The number of carboxylic acid groups (broad SMARTS) is 1. The summed E-state index contributed by atoms with van der Waals surface area (Å²) < 4.78 is 28.9. The van der Waals surface area contributed by atoms with E-state index in [9.17, 15) is 13.6 Å². The second kappa shape index (κ2) is 4.91. The molecule has 0 fully saturated rings. The first kappa shape index (κ1) is 12.2. The van der Waals surface area contributed by atoms with Crippen molar-refractivity contribution in [1.29, 1.82) is 0 Å². The summed E-state index contributed by atoms with van der Waals surface area (Å²) in [4.78, 5) is 18.4. The third-order valence-electron chi connectivity index (χ3n) is 2.19. The highest BCUT2D eigenvalue weighted by Gasteiger charge is 2.11. The molecule has 7 heteroatoms. The van der Waals surface area contributed by atoms with Gasteiger partial charge in [0.1, 0.15) is 6.33 Å². The van der Waals surface area contributed by atoms with Gasteiger partial charge in [-0.05, 0) is 18.2 Å². The lowest BCUT2D eigenvalue weighted by Gasteiger charge is -2.07. The third-order valence-corrected chi connectivity index (χ3v) is 2.19. The Morgan fingerprint density at radius 2 is 2.17 bits per heavy atom. The second-order valence-corrected chi connectivity index (χ2v) is 3.42. The van der Waals surface area contributed by atoms with Gasteiger partial charge in [0.15, 0.2) is 6.61 Å². The summed E-state index contributed by atoms with van der Waals surface area (Å²) in [6, 6.07) is 4.09. The fourth-order valence-corrected chi connectivity index (χ4v) is 1.42. The van der Waals surface area contributed by atoms with Gasteiger partial charge in [-0.1, -0.05) is 0 Å². The Morgan fingerprint density at radius 1 is 1.39 bits per heavy atom. The summed E-state index contributed by atoms with van der Waals surface area (Å²) in [5, 5.41) is 9.21. The normalized spacial score (nSPS) is 10.8. The van der Waals surface area contributed by atoms with E-state index >= 15 is 0 Å². The van der Waals surface area contributed by atoms with Crippen molar-refractivity contribution in [3.05, 3.63) is 30.1 Å². The molecule has 0 radical (unpaired) electrons. The molecule has 1 N–H and O–H groups in total. The molecule has 0 aliphatic heterocycles. The minimum Gasteiger partial charge on any atom is -0.478 e. The van der Waals surface area contributed by atoms with Crippen LogP contribution in [0.15, 0.2) is 24.5 Å². The molecular weight excluding hydrogens is 246 g/mol. The van der Waals surface area contributed by atoms with E-state index in [1.807, 2.05) is 0 Å². The topological polar surface area (TPSA) is 72.3 Å². The molecule has 0 saturated heterocycles. The molecule has 2 aromatic rings. The van der Waals surface area contributed by atoms with Gasteiger partial charge < -0.3 is 9.84 Å². The Bertz CT molecular complexity index is 590. The predicted octanol–water partition coefficient (Wildman–Crippen LogP) is 1.97. The first-order valence-electron chi connectivity index (χ1n) is 4.97. The third kappa shape index (κ3) is 2.50. The zero-order valence-electron chi connectivity index (χ0n) is 9.01. The van der Waals surface area contributed by atoms with Gasteiger partial charge in [-0.2, -0.15) is 0 Å². The number of fused-ring (bicyclic) bond motifs is 1. The maximum Gasteiger partial charge on any atom is 0.335 e. The zero-order chi connectivity index (χ0) is 13.1. The van der Waals surface area contributed by atoms with Crippen LogP contribution in [-0.2, 0) is 0 Å². The van der Waals surface area contributed by atoms with E-state index in [0.717, 1.165) is 6.33 Å². The monoisotopic (exact) mass is 254 g/mol. The molecular formula is C11H8F2N2O3. The van der Waals surface area contributed by atoms with Gasteiger partial charge in [-0.15, -0.1) is 0 Å². The van der Waals surface area contributed by atoms with Crippen molar-refractivity contribution >= 4 is 16.9 Å².